The predicted octanol–water partition coefficient (Wildman–Crippen LogP) is 5.13. The summed E-state index contributed by atoms with van der Waals surface area (Å²) in [6.45, 7) is 0.0999. The molecule has 140 valence electrons. The molecule has 4 rings (SSSR count). The maximum Gasteiger partial charge on any atom is 0.258 e. The third kappa shape index (κ3) is 3.71. The van der Waals surface area contributed by atoms with Crippen LogP contribution in [0.4, 0.5) is 4.39 Å². The molecule has 4 aromatic rings. The molecular weight excluding hydrogens is 359 g/mol. The van der Waals surface area contributed by atoms with Gasteiger partial charge in [0.2, 0.25) is 5.82 Å². The highest BCUT2D eigenvalue weighted by atomic mass is 19.1. The Hall–Kier alpha value is -3.67. The van der Waals surface area contributed by atoms with Gasteiger partial charge in [0.1, 0.15) is 12.4 Å². The Morgan fingerprint density at radius 1 is 0.893 bits per heavy atom. The summed E-state index contributed by atoms with van der Waals surface area (Å²) in [7, 11) is 1.54. The predicted molar refractivity (Wildman–Crippen MR) is 102 cm³/mol. The highest BCUT2D eigenvalue weighted by Crippen LogP contribution is 2.33. The largest absolute Gasteiger partial charge is 0.493 e. The molecule has 0 bridgehead atoms. The Labute approximate surface area is 161 Å². The molecule has 0 amide bonds. The molecule has 0 aliphatic heterocycles. The Morgan fingerprint density at radius 3 is 2.46 bits per heavy atom. The van der Waals surface area contributed by atoms with Gasteiger partial charge in [-0.15, -0.1) is 0 Å². The van der Waals surface area contributed by atoms with E-state index in [4.69, 9.17) is 14.0 Å². The summed E-state index contributed by atoms with van der Waals surface area (Å²) in [6.07, 6.45) is 0. The van der Waals surface area contributed by atoms with E-state index in [0.29, 0.717) is 28.8 Å². The lowest BCUT2D eigenvalue weighted by atomic mass is 10.2. The second-order valence-electron chi connectivity index (χ2n) is 6.03. The van der Waals surface area contributed by atoms with Crippen LogP contribution in [0.25, 0.3) is 22.8 Å². The van der Waals surface area contributed by atoms with Gasteiger partial charge in [-0.2, -0.15) is 4.98 Å². The van der Waals surface area contributed by atoms with Gasteiger partial charge in [-0.25, -0.2) is 4.39 Å². The van der Waals surface area contributed by atoms with E-state index >= 15 is 0 Å². The third-order valence-electron chi connectivity index (χ3n) is 4.21. The number of hydrogen-bond acceptors (Lipinski definition) is 5. The molecule has 0 atom stereocenters. The van der Waals surface area contributed by atoms with Crippen molar-refractivity contribution < 1.29 is 18.4 Å². The van der Waals surface area contributed by atoms with Gasteiger partial charge >= 0.3 is 0 Å². The molecule has 1 aromatic heterocycles. The molecule has 5 nitrogen and oxygen atoms in total. The molecule has 0 fully saturated rings. The topological polar surface area (TPSA) is 57.4 Å². The Morgan fingerprint density at radius 2 is 1.68 bits per heavy atom. The van der Waals surface area contributed by atoms with Crippen LogP contribution in [0.5, 0.6) is 11.5 Å². The zero-order valence-electron chi connectivity index (χ0n) is 15.1. The molecule has 0 saturated heterocycles. The number of benzene rings is 3. The van der Waals surface area contributed by atoms with Gasteiger partial charge in [0.25, 0.3) is 5.89 Å². The van der Waals surface area contributed by atoms with Crippen molar-refractivity contribution in [1.82, 2.24) is 10.1 Å². The van der Waals surface area contributed by atoms with Gasteiger partial charge < -0.3 is 14.0 Å². The van der Waals surface area contributed by atoms with Crippen LogP contribution >= 0.6 is 0 Å². The highest BCUT2D eigenvalue weighted by molar-refractivity contribution is 5.63. The van der Waals surface area contributed by atoms with Crippen LogP contribution < -0.4 is 9.47 Å². The van der Waals surface area contributed by atoms with Crippen molar-refractivity contribution in [3.8, 4) is 34.3 Å². The fourth-order valence-corrected chi connectivity index (χ4v) is 2.74. The molecule has 0 unspecified atom stereocenters. The molecule has 0 N–H and O–H groups in total. The van der Waals surface area contributed by atoms with Crippen molar-refractivity contribution in [3.63, 3.8) is 0 Å². The van der Waals surface area contributed by atoms with Gasteiger partial charge in [-0.05, 0) is 36.4 Å². The first kappa shape index (κ1) is 17.7. The lowest BCUT2D eigenvalue weighted by Crippen LogP contribution is -2.00. The van der Waals surface area contributed by atoms with Crippen molar-refractivity contribution in [2.75, 3.05) is 7.11 Å². The molecule has 28 heavy (non-hydrogen) atoms. The summed E-state index contributed by atoms with van der Waals surface area (Å²) < 4.78 is 30.3. The molecule has 0 aliphatic carbocycles. The van der Waals surface area contributed by atoms with E-state index in [9.17, 15) is 4.39 Å². The Bertz CT molecular complexity index is 1080. The van der Waals surface area contributed by atoms with Crippen LogP contribution in [-0.4, -0.2) is 17.3 Å². The highest BCUT2D eigenvalue weighted by Gasteiger charge is 2.14. The van der Waals surface area contributed by atoms with E-state index < -0.39 is 0 Å². The monoisotopic (exact) mass is 376 g/mol. The maximum atomic E-state index is 13.8. The Balaban J connectivity index is 1.56. The molecule has 0 saturated carbocycles. The SMILES string of the molecule is COc1cc(-c2noc(-c3ccccc3)n2)ccc1OCc1ccccc1F. The van der Waals surface area contributed by atoms with Crippen molar-refractivity contribution >= 4 is 0 Å². The van der Waals surface area contributed by atoms with Crippen LogP contribution in [0.15, 0.2) is 77.3 Å². The summed E-state index contributed by atoms with van der Waals surface area (Å²) in [5.74, 6) is 1.58. The molecule has 0 spiro atoms. The van der Waals surface area contributed by atoms with Crippen LogP contribution in [0.3, 0.4) is 0 Å². The number of rotatable bonds is 6. The lowest BCUT2D eigenvalue weighted by Gasteiger charge is -2.11. The number of halogens is 1. The molecule has 0 aliphatic rings. The summed E-state index contributed by atoms with van der Waals surface area (Å²) in [5.41, 5.74) is 2.04. The van der Waals surface area contributed by atoms with Gasteiger partial charge in [-0.1, -0.05) is 41.6 Å². The molecule has 3 aromatic carbocycles. The van der Waals surface area contributed by atoms with E-state index in [1.54, 1.807) is 43.5 Å². The second kappa shape index (κ2) is 7.92. The zero-order chi connectivity index (χ0) is 19.3. The minimum absolute atomic E-state index is 0.0999. The maximum absolute atomic E-state index is 13.8. The Kier molecular flexibility index (Phi) is 5.01. The van der Waals surface area contributed by atoms with E-state index in [-0.39, 0.29) is 12.4 Å². The first-order chi connectivity index (χ1) is 13.7. The van der Waals surface area contributed by atoms with Crippen LogP contribution in [-0.2, 0) is 6.61 Å². The van der Waals surface area contributed by atoms with E-state index in [2.05, 4.69) is 10.1 Å². The summed E-state index contributed by atoms with van der Waals surface area (Å²) in [4.78, 5) is 4.44. The van der Waals surface area contributed by atoms with Crippen molar-refractivity contribution in [2.45, 2.75) is 6.61 Å². The van der Waals surface area contributed by atoms with Crippen molar-refractivity contribution in [3.05, 3.63) is 84.2 Å². The first-order valence-electron chi connectivity index (χ1n) is 8.68. The van der Waals surface area contributed by atoms with Crippen LogP contribution in [0.2, 0.25) is 0 Å². The second-order valence-corrected chi connectivity index (χ2v) is 6.03. The molecule has 6 heteroatoms. The summed E-state index contributed by atoms with van der Waals surface area (Å²) >= 11 is 0. The molecule has 0 radical (unpaired) electrons. The zero-order valence-corrected chi connectivity index (χ0v) is 15.1. The standard InChI is InChI=1S/C22H17FN2O3/c1-26-20-13-16(21-24-22(28-25-21)15-7-3-2-4-8-15)11-12-19(20)27-14-17-9-5-6-10-18(17)23/h2-13H,14H2,1H3. The third-order valence-corrected chi connectivity index (χ3v) is 4.21. The number of aromatic nitrogens is 2. The minimum Gasteiger partial charge on any atom is -0.493 e. The average Bonchev–Trinajstić information content (AvgIpc) is 3.24. The number of nitrogens with zero attached hydrogens (tertiary/aromatic N) is 2. The smallest absolute Gasteiger partial charge is 0.258 e. The average molecular weight is 376 g/mol. The molecule has 1 heterocycles. The van der Waals surface area contributed by atoms with E-state index in [1.165, 1.54) is 6.07 Å². The van der Waals surface area contributed by atoms with Crippen molar-refractivity contribution in [1.29, 1.82) is 0 Å². The number of hydrogen-bond donors (Lipinski definition) is 0. The number of methoxy groups -OCH3 is 1. The fraction of sp³-hybridized carbons (Fsp3) is 0.0909. The minimum atomic E-state index is -0.307. The first-order valence-corrected chi connectivity index (χ1v) is 8.68. The van der Waals surface area contributed by atoms with Crippen molar-refractivity contribution in [2.24, 2.45) is 0 Å². The lowest BCUT2D eigenvalue weighted by molar-refractivity contribution is 0.280. The van der Waals surface area contributed by atoms with Crippen LogP contribution in [0, 0.1) is 5.82 Å². The summed E-state index contributed by atoms with van der Waals surface area (Å²) in [6, 6.07) is 21.3. The number of ether oxygens (including phenoxy) is 2. The van der Waals surface area contributed by atoms with E-state index in [1.807, 2.05) is 30.3 Å². The van der Waals surface area contributed by atoms with Gasteiger partial charge in [-0.3, -0.25) is 0 Å². The quantitative estimate of drug-likeness (QED) is 0.467. The van der Waals surface area contributed by atoms with Gasteiger partial charge in [0.05, 0.1) is 7.11 Å². The molecular formula is C22H17FN2O3. The van der Waals surface area contributed by atoms with Gasteiger partial charge in [0.15, 0.2) is 11.5 Å². The van der Waals surface area contributed by atoms with Gasteiger partial charge in [0, 0.05) is 16.7 Å². The van der Waals surface area contributed by atoms with Crippen LogP contribution in [0.1, 0.15) is 5.56 Å². The normalized spacial score (nSPS) is 10.6. The summed E-state index contributed by atoms with van der Waals surface area (Å²) in [5, 5.41) is 4.04. The van der Waals surface area contributed by atoms with E-state index in [0.717, 1.165) is 11.1 Å². The fourth-order valence-electron chi connectivity index (χ4n) is 2.74.